The number of anilines is 1. The van der Waals surface area contributed by atoms with Crippen LogP contribution in [-0.4, -0.2) is 5.91 Å². The van der Waals surface area contributed by atoms with Gasteiger partial charge in [-0.25, -0.2) is 4.39 Å². The van der Waals surface area contributed by atoms with Crippen LogP contribution in [0.2, 0.25) is 0 Å². The molecule has 0 heterocycles. The molecule has 2 nitrogen and oxygen atoms in total. The van der Waals surface area contributed by atoms with Crippen molar-refractivity contribution in [1.29, 1.82) is 0 Å². The summed E-state index contributed by atoms with van der Waals surface area (Å²) in [6.45, 7) is 1.78. The van der Waals surface area contributed by atoms with Gasteiger partial charge in [0.15, 0.2) is 0 Å². The van der Waals surface area contributed by atoms with Gasteiger partial charge in [-0.1, -0.05) is 48.5 Å². The standard InChI is InChI=1S/C21H18FNOS/c1-15-14-17(22)12-13-19(15)23-21(24)20(16-8-4-2-5-9-16)25-18-10-6-3-7-11-18/h2-14,20H,1H3,(H,23,24)/t20-/m0/s1. The van der Waals surface area contributed by atoms with Crippen LogP contribution in [0.15, 0.2) is 83.8 Å². The molecule has 0 aliphatic rings. The summed E-state index contributed by atoms with van der Waals surface area (Å²) in [5, 5.41) is 2.53. The topological polar surface area (TPSA) is 29.1 Å². The van der Waals surface area contributed by atoms with Crippen LogP contribution in [0.1, 0.15) is 16.4 Å². The molecule has 0 aliphatic carbocycles. The molecule has 126 valence electrons. The van der Waals surface area contributed by atoms with Crippen molar-refractivity contribution in [2.24, 2.45) is 0 Å². The molecule has 0 fully saturated rings. The third-order valence-electron chi connectivity index (χ3n) is 3.78. The maximum atomic E-state index is 13.3. The molecule has 3 aromatic rings. The van der Waals surface area contributed by atoms with Crippen molar-refractivity contribution in [3.63, 3.8) is 0 Å². The molecule has 4 heteroatoms. The highest BCUT2D eigenvalue weighted by Crippen LogP contribution is 2.36. The molecule has 0 saturated carbocycles. The van der Waals surface area contributed by atoms with Crippen molar-refractivity contribution in [1.82, 2.24) is 0 Å². The van der Waals surface area contributed by atoms with E-state index < -0.39 is 5.25 Å². The maximum absolute atomic E-state index is 13.3. The Morgan fingerprint density at radius 3 is 2.24 bits per heavy atom. The first-order valence-electron chi connectivity index (χ1n) is 7.97. The number of thioether (sulfide) groups is 1. The van der Waals surface area contributed by atoms with E-state index in [1.165, 1.54) is 23.9 Å². The molecule has 3 aromatic carbocycles. The van der Waals surface area contributed by atoms with E-state index in [0.717, 1.165) is 10.5 Å². The number of rotatable bonds is 5. The highest BCUT2D eigenvalue weighted by molar-refractivity contribution is 8.00. The van der Waals surface area contributed by atoms with Gasteiger partial charge in [-0.15, -0.1) is 11.8 Å². The van der Waals surface area contributed by atoms with Crippen LogP contribution >= 0.6 is 11.8 Å². The lowest BCUT2D eigenvalue weighted by Crippen LogP contribution is -2.19. The first-order chi connectivity index (χ1) is 12.1. The van der Waals surface area contributed by atoms with Gasteiger partial charge in [0.2, 0.25) is 5.91 Å². The minimum atomic E-state index is -0.395. The summed E-state index contributed by atoms with van der Waals surface area (Å²) in [5.41, 5.74) is 2.25. The number of benzene rings is 3. The Morgan fingerprint density at radius 1 is 0.960 bits per heavy atom. The first kappa shape index (κ1) is 17.2. The second kappa shape index (κ2) is 7.99. The molecular formula is C21H18FNOS. The smallest absolute Gasteiger partial charge is 0.242 e. The van der Waals surface area contributed by atoms with Gasteiger partial charge in [0.25, 0.3) is 0 Å². The van der Waals surface area contributed by atoms with E-state index in [2.05, 4.69) is 5.32 Å². The van der Waals surface area contributed by atoms with Gasteiger partial charge >= 0.3 is 0 Å². The Kier molecular flexibility index (Phi) is 5.51. The molecule has 0 unspecified atom stereocenters. The lowest BCUT2D eigenvalue weighted by molar-refractivity contribution is -0.115. The monoisotopic (exact) mass is 351 g/mol. The van der Waals surface area contributed by atoms with Crippen molar-refractivity contribution >= 4 is 23.4 Å². The van der Waals surface area contributed by atoms with E-state index in [4.69, 9.17) is 0 Å². The largest absolute Gasteiger partial charge is 0.325 e. The molecule has 0 radical (unpaired) electrons. The summed E-state index contributed by atoms with van der Waals surface area (Å²) >= 11 is 1.49. The second-order valence-electron chi connectivity index (χ2n) is 5.67. The van der Waals surface area contributed by atoms with Crippen molar-refractivity contribution in [3.05, 3.63) is 95.8 Å². The molecule has 0 saturated heterocycles. The Bertz CT molecular complexity index is 852. The molecule has 1 N–H and O–H groups in total. The first-order valence-corrected chi connectivity index (χ1v) is 8.85. The molecule has 3 rings (SSSR count). The summed E-state index contributed by atoms with van der Waals surface area (Å²) in [7, 11) is 0. The third-order valence-corrected chi connectivity index (χ3v) is 5.05. The third kappa shape index (κ3) is 4.48. The van der Waals surface area contributed by atoms with Crippen LogP contribution < -0.4 is 5.32 Å². The SMILES string of the molecule is Cc1cc(F)ccc1NC(=O)[C@@H](Sc1ccccc1)c1ccccc1. The van der Waals surface area contributed by atoms with E-state index in [1.807, 2.05) is 60.7 Å². The molecular weight excluding hydrogens is 333 g/mol. The zero-order valence-electron chi connectivity index (χ0n) is 13.8. The summed E-state index contributed by atoms with van der Waals surface area (Å²) in [5.74, 6) is -0.441. The predicted octanol–water partition coefficient (Wildman–Crippen LogP) is 5.61. The molecule has 0 bridgehead atoms. The number of hydrogen-bond donors (Lipinski definition) is 1. The summed E-state index contributed by atoms with van der Waals surface area (Å²) in [4.78, 5) is 13.9. The second-order valence-corrected chi connectivity index (χ2v) is 6.85. The number of hydrogen-bond acceptors (Lipinski definition) is 2. The molecule has 0 aromatic heterocycles. The van der Waals surface area contributed by atoms with Gasteiger partial charge in [0.1, 0.15) is 11.1 Å². The van der Waals surface area contributed by atoms with Gasteiger partial charge in [-0.05, 0) is 48.4 Å². The number of carbonyl (C=O) groups excluding carboxylic acids is 1. The van der Waals surface area contributed by atoms with Crippen LogP contribution in [0.4, 0.5) is 10.1 Å². The number of nitrogens with one attached hydrogen (secondary N) is 1. The number of carbonyl (C=O) groups is 1. The molecule has 1 atom stereocenters. The fraction of sp³-hybridized carbons (Fsp3) is 0.0952. The van der Waals surface area contributed by atoms with Crippen molar-refractivity contribution in [2.75, 3.05) is 5.32 Å². The Labute approximate surface area is 151 Å². The van der Waals surface area contributed by atoms with Crippen LogP contribution in [0.3, 0.4) is 0 Å². The van der Waals surface area contributed by atoms with Gasteiger partial charge in [-0.2, -0.15) is 0 Å². The number of halogens is 1. The number of aryl methyl sites for hydroxylation is 1. The lowest BCUT2D eigenvalue weighted by Gasteiger charge is -2.18. The Morgan fingerprint density at radius 2 is 1.60 bits per heavy atom. The number of amides is 1. The quantitative estimate of drug-likeness (QED) is 0.606. The average Bonchev–Trinajstić information content (AvgIpc) is 2.63. The normalized spacial score (nSPS) is 11.8. The molecule has 1 amide bonds. The zero-order valence-corrected chi connectivity index (χ0v) is 14.6. The van der Waals surface area contributed by atoms with Gasteiger partial charge in [0, 0.05) is 10.6 Å². The minimum Gasteiger partial charge on any atom is -0.325 e. The van der Waals surface area contributed by atoms with Crippen molar-refractivity contribution < 1.29 is 9.18 Å². The Balaban J connectivity index is 1.87. The summed E-state index contributed by atoms with van der Waals surface area (Å²) in [6.07, 6.45) is 0. The van der Waals surface area contributed by atoms with Crippen LogP contribution in [0, 0.1) is 12.7 Å². The molecule has 25 heavy (non-hydrogen) atoms. The van der Waals surface area contributed by atoms with E-state index >= 15 is 0 Å². The van der Waals surface area contributed by atoms with Crippen LogP contribution in [-0.2, 0) is 4.79 Å². The van der Waals surface area contributed by atoms with Crippen molar-refractivity contribution in [3.8, 4) is 0 Å². The highest BCUT2D eigenvalue weighted by atomic mass is 32.2. The zero-order chi connectivity index (χ0) is 17.6. The Hall–Kier alpha value is -2.59. The van der Waals surface area contributed by atoms with E-state index in [0.29, 0.717) is 11.3 Å². The van der Waals surface area contributed by atoms with E-state index in [1.54, 1.807) is 13.0 Å². The lowest BCUT2D eigenvalue weighted by atomic mass is 10.1. The maximum Gasteiger partial charge on any atom is 0.242 e. The van der Waals surface area contributed by atoms with Gasteiger partial charge in [0.05, 0.1) is 0 Å². The fourth-order valence-corrected chi connectivity index (χ4v) is 3.55. The minimum absolute atomic E-state index is 0.130. The highest BCUT2D eigenvalue weighted by Gasteiger charge is 2.22. The predicted molar refractivity (Wildman–Crippen MR) is 101 cm³/mol. The van der Waals surface area contributed by atoms with Crippen LogP contribution in [0.25, 0.3) is 0 Å². The fourth-order valence-electron chi connectivity index (χ4n) is 2.50. The van der Waals surface area contributed by atoms with Crippen LogP contribution in [0.5, 0.6) is 0 Å². The summed E-state index contributed by atoms with van der Waals surface area (Å²) in [6, 6.07) is 23.8. The van der Waals surface area contributed by atoms with Gasteiger partial charge in [-0.3, -0.25) is 4.79 Å². The van der Waals surface area contributed by atoms with E-state index in [-0.39, 0.29) is 11.7 Å². The van der Waals surface area contributed by atoms with E-state index in [9.17, 15) is 9.18 Å². The van der Waals surface area contributed by atoms with Gasteiger partial charge < -0.3 is 5.32 Å². The molecule has 0 spiro atoms. The molecule has 0 aliphatic heterocycles. The summed E-state index contributed by atoms with van der Waals surface area (Å²) < 4.78 is 13.3. The average molecular weight is 351 g/mol. The van der Waals surface area contributed by atoms with Crippen molar-refractivity contribution in [2.45, 2.75) is 17.1 Å².